The van der Waals surface area contributed by atoms with Crippen LogP contribution in [0.3, 0.4) is 0 Å². The van der Waals surface area contributed by atoms with E-state index in [1.807, 2.05) is 6.92 Å². The fourth-order valence-corrected chi connectivity index (χ4v) is 4.29. The summed E-state index contributed by atoms with van der Waals surface area (Å²) < 4.78 is 0. The Balaban J connectivity index is 1.41. The highest BCUT2D eigenvalue weighted by Gasteiger charge is 2.45. The molecule has 1 unspecified atom stereocenters. The van der Waals surface area contributed by atoms with Crippen molar-refractivity contribution in [2.45, 2.75) is 76.9 Å². The molecule has 5 amide bonds. The maximum Gasteiger partial charge on any atom is 0.264 e. The summed E-state index contributed by atoms with van der Waals surface area (Å²) in [6, 6.07) is 4.04. The lowest BCUT2D eigenvalue weighted by molar-refractivity contribution is -0.136. The number of piperidine rings is 1. The van der Waals surface area contributed by atoms with Crippen molar-refractivity contribution in [3.63, 3.8) is 0 Å². The molecular formula is C25H34N4O6. The number of amides is 5. The molecule has 0 spiro atoms. The van der Waals surface area contributed by atoms with Crippen LogP contribution in [0.1, 0.15) is 85.4 Å². The van der Waals surface area contributed by atoms with Gasteiger partial charge in [-0.2, -0.15) is 0 Å². The van der Waals surface area contributed by atoms with Crippen molar-refractivity contribution in [2.24, 2.45) is 0 Å². The molecule has 10 nitrogen and oxygen atoms in total. The minimum Gasteiger partial charge on any atom is -0.391 e. The molecule has 2 heterocycles. The third kappa shape index (κ3) is 6.66. The van der Waals surface area contributed by atoms with E-state index >= 15 is 0 Å². The third-order valence-corrected chi connectivity index (χ3v) is 6.37. The monoisotopic (exact) mass is 486 g/mol. The number of anilines is 1. The van der Waals surface area contributed by atoms with Crippen LogP contribution in [-0.4, -0.2) is 64.8 Å². The largest absolute Gasteiger partial charge is 0.391 e. The zero-order chi connectivity index (χ0) is 25.4. The Morgan fingerprint density at radius 3 is 2.60 bits per heavy atom. The maximum atomic E-state index is 13.1. The first kappa shape index (κ1) is 26.3. The van der Waals surface area contributed by atoms with Crippen LogP contribution in [-0.2, 0) is 14.4 Å². The fraction of sp³-hybridized carbons (Fsp3) is 0.560. The predicted octanol–water partition coefficient (Wildman–Crippen LogP) is 1.73. The van der Waals surface area contributed by atoms with Crippen molar-refractivity contribution < 1.29 is 29.1 Å². The average Bonchev–Trinajstić information content (AvgIpc) is 3.09. The van der Waals surface area contributed by atoms with Crippen LogP contribution in [0.25, 0.3) is 0 Å². The minimum absolute atomic E-state index is 0.0392. The second-order valence-corrected chi connectivity index (χ2v) is 8.99. The highest BCUT2D eigenvalue weighted by Crippen LogP contribution is 2.32. The summed E-state index contributed by atoms with van der Waals surface area (Å²) in [5.41, 5.74) is 1.08. The van der Waals surface area contributed by atoms with Gasteiger partial charge < -0.3 is 15.7 Å². The summed E-state index contributed by atoms with van der Waals surface area (Å²) in [5.74, 6) is -2.10. The van der Waals surface area contributed by atoms with Gasteiger partial charge >= 0.3 is 0 Å². The Morgan fingerprint density at radius 1 is 1.11 bits per heavy atom. The number of hydrogen-bond acceptors (Lipinski definition) is 7. The standard InChI is InChI=1S/C25H34N4O6/c1-2-16(30)15-27-20(31)11-6-4-3-5-7-14-26-18-10-8-9-17-22(18)25(35)29(24(17)34)19-12-13-21(32)28-23(19)33/h8-10,16,19,26,30H,2-7,11-15H2,1H3,(H,27,31)(H,28,32,33)/t16-,19?/m0/s1. The van der Waals surface area contributed by atoms with Gasteiger partial charge in [0.05, 0.1) is 17.2 Å². The first-order chi connectivity index (χ1) is 16.8. The van der Waals surface area contributed by atoms with Crippen molar-refractivity contribution in [3.05, 3.63) is 29.3 Å². The van der Waals surface area contributed by atoms with Crippen LogP contribution in [0.4, 0.5) is 5.69 Å². The number of benzene rings is 1. The number of fused-ring (bicyclic) bond motifs is 1. The van der Waals surface area contributed by atoms with E-state index in [-0.39, 0.29) is 29.9 Å². The number of rotatable bonds is 13. The van der Waals surface area contributed by atoms with Crippen molar-refractivity contribution in [1.82, 2.24) is 15.5 Å². The Kier molecular flexibility index (Phi) is 9.36. The lowest BCUT2D eigenvalue weighted by atomic mass is 10.0. The van der Waals surface area contributed by atoms with Crippen LogP contribution in [0.5, 0.6) is 0 Å². The molecule has 0 radical (unpaired) electrons. The summed E-state index contributed by atoms with van der Waals surface area (Å²) in [4.78, 5) is 62.3. The summed E-state index contributed by atoms with van der Waals surface area (Å²) in [5, 5.41) is 17.6. The van der Waals surface area contributed by atoms with E-state index in [2.05, 4.69) is 16.0 Å². The van der Waals surface area contributed by atoms with E-state index in [1.54, 1.807) is 18.2 Å². The highest BCUT2D eigenvalue weighted by atomic mass is 16.3. The number of hydrogen-bond donors (Lipinski definition) is 4. The summed E-state index contributed by atoms with van der Waals surface area (Å²) >= 11 is 0. The molecule has 10 heteroatoms. The molecule has 35 heavy (non-hydrogen) atoms. The highest BCUT2D eigenvalue weighted by molar-refractivity contribution is 6.25. The lowest BCUT2D eigenvalue weighted by Gasteiger charge is -2.27. The van der Waals surface area contributed by atoms with E-state index in [4.69, 9.17) is 0 Å². The molecule has 2 aliphatic heterocycles. The molecule has 1 fully saturated rings. The van der Waals surface area contributed by atoms with Crippen LogP contribution in [0.15, 0.2) is 18.2 Å². The van der Waals surface area contributed by atoms with Crippen molar-refractivity contribution in [2.75, 3.05) is 18.4 Å². The summed E-state index contributed by atoms with van der Waals surface area (Å²) in [7, 11) is 0. The van der Waals surface area contributed by atoms with E-state index in [0.29, 0.717) is 31.6 Å². The fourth-order valence-electron chi connectivity index (χ4n) is 4.29. The van der Waals surface area contributed by atoms with Crippen molar-refractivity contribution >= 4 is 35.2 Å². The predicted molar refractivity (Wildman–Crippen MR) is 129 cm³/mol. The lowest BCUT2D eigenvalue weighted by Crippen LogP contribution is -2.54. The van der Waals surface area contributed by atoms with Gasteiger partial charge in [-0.1, -0.05) is 32.3 Å². The number of imide groups is 2. The van der Waals surface area contributed by atoms with Gasteiger partial charge in [-0.05, 0) is 37.8 Å². The maximum absolute atomic E-state index is 13.1. The summed E-state index contributed by atoms with van der Waals surface area (Å²) in [6.45, 7) is 2.78. The van der Waals surface area contributed by atoms with Crippen LogP contribution < -0.4 is 16.0 Å². The second kappa shape index (κ2) is 12.4. The number of nitrogens with one attached hydrogen (secondary N) is 3. The molecule has 2 atom stereocenters. The average molecular weight is 487 g/mol. The Bertz CT molecular complexity index is 979. The Morgan fingerprint density at radius 2 is 1.86 bits per heavy atom. The van der Waals surface area contributed by atoms with E-state index in [0.717, 1.165) is 37.0 Å². The van der Waals surface area contributed by atoms with E-state index < -0.39 is 35.8 Å². The van der Waals surface area contributed by atoms with Crippen LogP contribution in [0.2, 0.25) is 0 Å². The number of carbonyl (C=O) groups excluding carboxylic acids is 5. The molecule has 4 N–H and O–H groups in total. The van der Waals surface area contributed by atoms with Crippen molar-refractivity contribution in [1.29, 1.82) is 0 Å². The number of aliphatic hydroxyl groups is 1. The van der Waals surface area contributed by atoms with E-state index in [9.17, 15) is 29.1 Å². The van der Waals surface area contributed by atoms with Gasteiger partial charge in [-0.25, -0.2) is 0 Å². The smallest absolute Gasteiger partial charge is 0.264 e. The molecule has 0 aromatic heterocycles. The number of carbonyl (C=O) groups is 5. The van der Waals surface area contributed by atoms with Gasteiger partial charge in [0.1, 0.15) is 6.04 Å². The molecule has 1 saturated heterocycles. The van der Waals surface area contributed by atoms with Gasteiger partial charge in [0.2, 0.25) is 17.7 Å². The molecule has 0 saturated carbocycles. The van der Waals surface area contributed by atoms with Gasteiger partial charge in [-0.15, -0.1) is 0 Å². The van der Waals surface area contributed by atoms with Crippen molar-refractivity contribution in [3.8, 4) is 0 Å². The molecule has 0 aliphatic carbocycles. The van der Waals surface area contributed by atoms with Gasteiger partial charge in [0, 0.05) is 31.6 Å². The molecule has 2 aliphatic rings. The topological polar surface area (TPSA) is 145 Å². The quantitative estimate of drug-likeness (QED) is 0.245. The summed E-state index contributed by atoms with van der Waals surface area (Å²) in [6.07, 6.45) is 5.28. The number of aliphatic hydroxyl groups excluding tert-OH is 1. The number of unbranched alkanes of at least 4 members (excludes halogenated alkanes) is 4. The first-order valence-electron chi connectivity index (χ1n) is 12.4. The Labute approximate surface area is 204 Å². The first-order valence-corrected chi connectivity index (χ1v) is 12.4. The zero-order valence-electron chi connectivity index (χ0n) is 20.1. The van der Waals surface area contributed by atoms with Gasteiger partial charge in [-0.3, -0.25) is 34.2 Å². The third-order valence-electron chi connectivity index (χ3n) is 6.37. The number of nitrogens with zero attached hydrogens (tertiary/aromatic N) is 1. The van der Waals surface area contributed by atoms with Gasteiger partial charge in [0.25, 0.3) is 11.8 Å². The molecule has 3 rings (SSSR count). The SMILES string of the molecule is CC[C@H](O)CNC(=O)CCCCCCCNc1cccc2c1C(=O)N(C1CCC(=O)NC1=O)C2=O. The molecule has 1 aromatic carbocycles. The zero-order valence-corrected chi connectivity index (χ0v) is 20.1. The minimum atomic E-state index is -0.980. The molecular weight excluding hydrogens is 452 g/mol. The Hall–Kier alpha value is -3.27. The second-order valence-electron chi connectivity index (χ2n) is 8.99. The van der Waals surface area contributed by atoms with E-state index in [1.165, 1.54) is 0 Å². The molecule has 190 valence electrons. The molecule has 1 aromatic rings. The molecule has 0 bridgehead atoms. The van der Waals surface area contributed by atoms with Gasteiger partial charge in [0.15, 0.2) is 0 Å². The van der Waals surface area contributed by atoms with Crippen LogP contribution in [0, 0.1) is 0 Å². The normalized spacial score (nSPS) is 18.3. The van der Waals surface area contributed by atoms with Crippen LogP contribution >= 0.6 is 0 Å².